The van der Waals surface area contributed by atoms with Crippen molar-refractivity contribution in [3.05, 3.63) is 77.6 Å². The summed E-state index contributed by atoms with van der Waals surface area (Å²) in [6.07, 6.45) is -4.50. The fraction of sp³-hybridized carbons (Fsp3) is 0.136. The molecule has 0 atom stereocenters. The zero-order valence-electron chi connectivity index (χ0n) is 16.7. The van der Waals surface area contributed by atoms with Crippen molar-refractivity contribution in [3.8, 4) is 11.3 Å². The second-order valence-corrected chi connectivity index (χ2v) is 6.54. The summed E-state index contributed by atoms with van der Waals surface area (Å²) in [6, 6.07) is 13.2. The number of rotatable bonds is 6. The van der Waals surface area contributed by atoms with Crippen LogP contribution in [-0.4, -0.2) is 31.4 Å². The molecule has 10 heteroatoms. The lowest BCUT2D eigenvalue weighted by Gasteiger charge is -2.08. The number of carbonyl (C=O) groups excluding carboxylic acids is 3. The average Bonchev–Trinajstić information content (AvgIpc) is 3.27. The van der Waals surface area contributed by atoms with Gasteiger partial charge in [0.25, 0.3) is 11.8 Å². The number of alkyl halides is 3. The maximum Gasteiger partial charge on any atom is 0.416 e. The molecule has 0 fully saturated rings. The Morgan fingerprint density at radius 3 is 2.44 bits per heavy atom. The molecule has 2 aromatic carbocycles. The van der Waals surface area contributed by atoms with Crippen molar-refractivity contribution >= 4 is 23.5 Å². The first-order valence-corrected chi connectivity index (χ1v) is 9.21. The summed E-state index contributed by atoms with van der Waals surface area (Å²) in [6.45, 7) is -0.309. The van der Waals surface area contributed by atoms with Gasteiger partial charge in [0, 0.05) is 16.8 Å². The van der Waals surface area contributed by atoms with Gasteiger partial charge in [-0.2, -0.15) is 13.2 Å². The molecule has 0 aliphatic heterocycles. The Hall–Kier alpha value is -4.08. The fourth-order valence-corrected chi connectivity index (χ4v) is 2.72. The van der Waals surface area contributed by atoms with Crippen molar-refractivity contribution in [2.45, 2.75) is 6.18 Å². The van der Waals surface area contributed by atoms with Gasteiger partial charge in [0.1, 0.15) is 12.3 Å². The number of halogens is 3. The molecule has 0 aliphatic rings. The van der Waals surface area contributed by atoms with Gasteiger partial charge < -0.3 is 19.8 Å². The molecule has 3 rings (SSSR count). The first kappa shape index (κ1) is 22.6. The van der Waals surface area contributed by atoms with Crippen LogP contribution in [-0.2, 0) is 15.7 Å². The topological polar surface area (TPSA) is 97.6 Å². The van der Waals surface area contributed by atoms with Crippen LogP contribution >= 0.6 is 0 Å². The number of furan rings is 1. The van der Waals surface area contributed by atoms with E-state index in [0.717, 1.165) is 12.1 Å². The van der Waals surface area contributed by atoms with Gasteiger partial charge in [-0.15, -0.1) is 0 Å². The number of esters is 1. The van der Waals surface area contributed by atoms with Crippen molar-refractivity contribution in [1.29, 1.82) is 0 Å². The van der Waals surface area contributed by atoms with Gasteiger partial charge in [-0.3, -0.25) is 14.4 Å². The van der Waals surface area contributed by atoms with Gasteiger partial charge >= 0.3 is 12.1 Å². The fourth-order valence-electron chi connectivity index (χ4n) is 2.72. The minimum atomic E-state index is -4.50. The van der Waals surface area contributed by atoms with E-state index < -0.39 is 29.5 Å². The summed E-state index contributed by atoms with van der Waals surface area (Å²) in [7, 11) is 1.19. The third-order valence-corrected chi connectivity index (χ3v) is 4.31. The Labute approximate surface area is 180 Å². The highest BCUT2D eigenvalue weighted by molar-refractivity contribution is 6.03. The third kappa shape index (κ3) is 5.54. The van der Waals surface area contributed by atoms with Crippen LogP contribution < -0.4 is 10.6 Å². The Kier molecular flexibility index (Phi) is 6.62. The van der Waals surface area contributed by atoms with Crippen LogP contribution in [0.4, 0.5) is 18.9 Å². The molecule has 1 aromatic heterocycles. The molecule has 1 heterocycles. The van der Waals surface area contributed by atoms with Crippen LogP contribution in [0.15, 0.2) is 65.1 Å². The standard InChI is InChI=1S/C22H17F3N2O5/c1-31-19(28)12-26-20(29)14-5-3-7-16(11-14)27-21(30)18-9-8-17(32-18)13-4-2-6-15(10-13)22(23,24)25/h2-11H,12H2,1H3,(H,26,29)(H,27,30). The van der Waals surface area contributed by atoms with Crippen LogP contribution in [0.5, 0.6) is 0 Å². The molecule has 2 amide bonds. The zero-order valence-corrected chi connectivity index (χ0v) is 16.7. The van der Waals surface area contributed by atoms with E-state index in [-0.39, 0.29) is 34.9 Å². The Bertz CT molecular complexity index is 1150. The first-order valence-electron chi connectivity index (χ1n) is 9.21. The molecule has 166 valence electrons. The van der Waals surface area contributed by atoms with Gasteiger partial charge in [-0.1, -0.05) is 18.2 Å². The minimum Gasteiger partial charge on any atom is -0.468 e. The monoisotopic (exact) mass is 446 g/mol. The Morgan fingerprint density at radius 2 is 1.72 bits per heavy atom. The van der Waals surface area contributed by atoms with Gasteiger partial charge in [-0.05, 0) is 42.5 Å². The molecule has 0 unspecified atom stereocenters. The van der Waals surface area contributed by atoms with Gasteiger partial charge in [0.05, 0.1) is 12.7 Å². The number of hydrogen-bond donors (Lipinski definition) is 2. The molecular weight excluding hydrogens is 429 g/mol. The van der Waals surface area contributed by atoms with Crippen LogP contribution in [0.2, 0.25) is 0 Å². The summed E-state index contributed by atoms with van der Waals surface area (Å²) < 4.78 is 48.6. The molecule has 0 saturated heterocycles. The summed E-state index contributed by atoms with van der Waals surface area (Å²) in [5, 5.41) is 4.92. The van der Waals surface area contributed by atoms with Gasteiger partial charge in [0.15, 0.2) is 5.76 Å². The van der Waals surface area contributed by atoms with E-state index in [1.54, 1.807) is 0 Å². The maximum atomic E-state index is 12.9. The Balaban J connectivity index is 1.71. The van der Waals surface area contributed by atoms with E-state index >= 15 is 0 Å². The number of amides is 2. The predicted molar refractivity (Wildman–Crippen MR) is 108 cm³/mol. The zero-order chi connectivity index (χ0) is 23.3. The van der Waals surface area contributed by atoms with Crippen molar-refractivity contribution < 1.29 is 36.7 Å². The van der Waals surface area contributed by atoms with E-state index in [4.69, 9.17) is 4.42 Å². The molecule has 2 N–H and O–H groups in total. The van der Waals surface area contributed by atoms with E-state index in [0.29, 0.717) is 0 Å². The first-order chi connectivity index (χ1) is 15.2. The van der Waals surface area contributed by atoms with Gasteiger partial charge in [-0.25, -0.2) is 0 Å². The lowest BCUT2D eigenvalue weighted by Crippen LogP contribution is -2.30. The molecule has 0 radical (unpaired) electrons. The molecule has 0 aliphatic carbocycles. The van der Waals surface area contributed by atoms with Crippen LogP contribution in [0.25, 0.3) is 11.3 Å². The summed E-state index contributed by atoms with van der Waals surface area (Å²) >= 11 is 0. The third-order valence-electron chi connectivity index (χ3n) is 4.31. The Morgan fingerprint density at radius 1 is 0.969 bits per heavy atom. The van der Waals surface area contributed by atoms with Crippen LogP contribution in [0.1, 0.15) is 26.5 Å². The molecule has 0 saturated carbocycles. The smallest absolute Gasteiger partial charge is 0.416 e. The summed E-state index contributed by atoms with van der Waals surface area (Å²) in [4.78, 5) is 35.7. The molecule has 7 nitrogen and oxygen atoms in total. The van der Waals surface area contributed by atoms with Crippen molar-refractivity contribution in [1.82, 2.24) is 5.32 Å². The average molecular weight is 446 g/mol. The highest BCUT2D eigenvalue weighted by atomic mass is 19.4. The van der Waals surface area contributed by atoms with E-state index in [9.17, 15) is 27.6 Å². The summed E-state index contributed by atoms with van der Waals surface area (Å²) in [5.41, 5.74) is -0.198. The maximum absolute atomic E-state index is 12.9. The normalized spacial score (nSPS) is 11.0. The van der Waals surface area contributed by atoms with Crippen LogP contribution in [0.3, 0.4) is 0 Å². The SMILES string of the molecule is COC(=O)CNC(=O)c1cccc(NC(=O)c2ccc(-c3cccc(C(F)(F)F)c3)o2)c1. The molecular formula is C22H17F3N2O5. The number of ether oxygens (including phenoxy) is 1. The lowest BCUT2D eigenvalue weighted by atomic mass is 10.1. The largest absolute Gasteiger partial charge is 0.468 e. The highest BCUT2D eigenvalue weighted by Crippen LogP contribution is 2.32. The van der Waals surface area contributed by atoms with E-state index in [2.05, 4.69) is 15.4 Å². The molecule has 3 aromatic rings. The molecule has 0 bridgehead atoms. The number of benzene rings is 2. The lowest BCUT2D eigenvalue weighted by molar-refractivity contribution is -0.139. The number of nitrogens with one attached hydrogen (secondary N) is 2. The van der Waals surface area contributed by atoms with Crippen molar-refractivity contribution in [3.63, 3.8) is 0 Å². The number of carbonyl (C=O) groups is 3. The van der Waals surface area contributed by atoms with Gasteiger partial charge in [0.2, 0.25) is 0 Å². The molecule has 32 heavy (non-hydrogen) atoms. The number of methoxy groups -OCH3 is 1. The predicted octanol–water partition coefficient (Wildman–Crippen LogP) is 4.12. The van der Waals surface area contributed by atoms with Crippen molar-refractivity contribution in [2.75, 3.05) is 19.0 Å². The number of anilines is 1. The van der Waals surface area contributed by atoms with Crippen molar-refractivity contribution in [2.24, 2.45) is 0 Å². The quantitative estimate of drug-likeness (QED) is 0.555. The van der Waals surface area contributed by atoms with Crippen LogP contribution in [0, 0.1) is 0 Å². The second-order valence-electron chi connectivity index (χ2n) is 6.54. The second kappa shape index (κ2) is 9.38. The molecule has 0 spiro atoms. The van der Waals surface area contributed by atoms with E-state index in [1.807, 2.05) is 0 Å². The highest BCUT2D eigenvalue weighted by Gasteiger charge is 2.30. The van der Waals surface area contributed by atoms with E-state index in [1.165, 1.54) is 55.6 Å². The minimum absolute atomic E-state index is 0.0946. The number of hydrogen-bond acceptors (Lipinski definition) is 5. The summed E-state index contributed by atoms with van der Waals surface area (Å²) in [5.74, 6) is -1.85.